The Morgan fingerprint density at radius 3 is 2.44 bits per heavy atom. The van der Waals surface area contributed by atoms with E-state index in [1.165, 1.54) is 70.8 Å². The van der Waals surface area contributed by atoms with E-state index in [0.29, 0.717) is 0 Å². The molecule has 1 N–H and O–H groups in total. The second-order valence-electron chi connectivity index (χ2n) is 6.03. The summed E-state index contributed by atoms with van der Waals surface area (Å²) in [7, 11) is 0. The second-order valence-corrected chi connectivity index (χ2v) is 6.03. The summed E-state index contributed by atoms with van der Waals surface area (Å²) in [5.74, 6) is 2.07. The molecule has 0 amide bonds. The summed E-state index contributed by atoms with van der Waals surface area (Å²) in [6, 6.07) is 0.847. The molecule has 0 spiro atoms. The zero-order valence-electron chi connectivity index (χ0n) is 11.0. The Labute approximate surface area is 101 Å². The van der Waals surface area contributed by atoms with Crippen molar-refractivity contribution in [3.05, 3.63) is 0 Å². The molecule has 2 aliphatic carbocycles. The molecule has 2 saturated carbocycles. The van der Waals surface area contributed by atoms with E-state index in [-0.39, 0.29) is 0 Å². The van der Waals surface area contributed by atoms with Crippen molar-refractivity contribution in [1.29, 1.82) is 0 Å². The normalized spacial score (nSPS) is 32.1. The Bertz CT molecular complexity index is 184. The van der Waals surface area contributed by atoms with Crippen LogP contribution in [0.5, 0.6) is 0 Å². The molecule has 94 valence electrons. The van der Waals surface area contributed by atoms with Gasteiger partial charge in [-0.25, -0.2) is 0 Å². The molecule has 0 aromatic rings. The number of rotatable bonds is 5. The molecular weight excluding hydrogens is 194 g/mol. The molecule has 2 fully saturated rings. The van der Waals surface area contributed by atoms with Crippen LogP contribution in [0, 0.1) is 11.8 Å². The van der Waals surface area contributed by atoms with E-state index >= 15 is 0 Å². The Kier molecular flexibility index (Phi) is 5.15. The van der Waals surface area contributed by atoms with Crippen LogP contribution in [-0.4, -0.2) is 12.6 Å². The lowest BCUT2D eigenvalue weighted by Gasteiger charge is -2.29. The third kappa shape index (κ3) is 3.76. The van der Waals surface area contributed by atoms with Crippen LogP contribution in [0.3, 0.4) is 0 Å². The molecule has 0 saturated heterocycles. The molecule has 2 aliphatic rings. The Morgan fingerprint density at radius 2 is 1.69 bits per heavy atom. The van der Waals surface area contributed by atoms with Crippen molar-refractivity contribution in [2.24, 2.45) is 11.8 Å². The molecule has 0 aromatic carbocycles. The van der Waals surface area contributed by atoms with E-state index in [4.69, 9.17) is 0 Å². The third-order valence-electron chi connectivity index (χ3n) is 4.82. The van der Waals surface area contributed by atoms with E-state index < -0.39 is 0 Å². The van der Waals surface area contributed by atoms with Gasteiger partial charge in [0.15, 0.2) is 0 Å². The van der Waals surface area contributed by atoms with Gasteiger partial charge in [-0.05, 0) is 37.6 Å². The Hall–Kier alpha value is -0.0400. The molecule has 1 heteroatoms. The summed E-state index contributed by atoms with van der Waals surface area (Å²) in [6.45, 7) is 3.64. The van der Waals surface area contributed by atoms with Crippen molar-refractivity contribution >= 4 is 0 Å². The van der Waals surface area contributed by atoms with E-state index in [0.717, 1.165) is 17.9 Å². The van der Waals surface area contributed by atoms with Crippen molar-refractivity contribution < 1.29 is 0 Å². The average Bonchev–Trinajstić information content (AvgIpc) is 2.82. The third-order valence-corrected chi connectivity index (χ3v) is 4.82. The molecule has 0 bridgehead atoms. The summed E-state index contributed by atoms with van der Waals surface area (Å²) in [6.07, 6.45) is 14.6. The highest BCUT2D eigenvalue weighted by Crippen LogP contribution is 2.28. The van der Waals surface area contributed by atoms with E-state index in [2.05, 4.69) is 12.2 Å². The van der Waals surface area contributed by atoms with Gasteiger partial charge in [0.25, 0.3) is 0 Å². The van der Waals surface area contributed by atoms with Gasteiger partial charge in [0, 0.05) is 6.04 Å². The Morgan fingerprint density at radius 1 is 0.938 bits per heavy atom. The summed E-state index contributed by atoms with van der Waals surface area (Å²) in [5, 5.41) is 3.81. The van der Waals surface area contributed by atoms with Crippen LogP contribution in [-0.2, 0) is 0 Å². The van der Waals surface area contributed by atoms with Crippen molar-refractivity contribution in [2.45, 2.75) is 77.2 Å². The van der Waals surface area contributed by atoms with Crippen molar-refractivity contribution in [1.82, 2.24) is 5.32 Å². The maximum Gasteiger partial charge on any atom is 0.00697 e. The highest BCUT2D eigenvalue weighted by Gasteiger charge is 2.20. The van der Waals surface area contributed by atoms with Crippen molar-refractivity contribution in [3.8, 4) is 0 Å². The zero-order valence-corrected chi connectivity index (χ0v) is 11.0. The summed E-state index contributed by atoms with van der Waals surface area (Å²) >= 11 is 0. The van der Waals surface area contributed by atoms with Crippen molar-refractivity contribution in [3.63, 3.8) is 0 Å². The first kappa shape index (κ1) is 12.4. The lowest BCUT2D eigenvalue weighted by atomic mass is 9.84. The van der Waals surface area contributed by atoms with Crippen LogP contribution >= 0.6 is 0 Å². The molecule has 16 heavy (non-hydrogen) atoms. The van der Waals surface area contributed by atoms with E-state index in [1.807, 2.05) is 0 Å². The Balaban J connectivity index is 1.58. The maximum atomic E-state index is 3.81. The fourth-order valence-electron chi connectivity index (χ4n) is 3.64. The van der Waals surface area contributed by atoms with Gasteiger partial charge in [0.05, 0.1) is 0 Å². The van der Waals surface area contributed by atoms with Gasteiger partial charge in [-0.3, -0.25) is 0 Å². The first-order valence-corrected chi connectivity index (χ1v) is 7.62. The predicted octanol–water partition coefficient (Wildman–Crippen LogP) is 4.13. The van der Waals surface area contributed by atoms with Crippen LogP contribution in [0.2, 0.25) is 0 Å². The molecule has 2 rings (SSSR count). The maximum absolute atomic E-state index is 3.81. The number of hydrogen-bond donors (Lipinski definition) is 1. The number of hydrogen-bond acceptors (Lipinski definition) is 1. The van der Waals surface area contributed by atoms with E-state index in [1.54, 1.807) is 0 Å². The van der Waals surface area contributed by atoms with Gasteiger partial charge in [0.1, 0.15) is 0 Å². The lowest BCUT2D eigenvalue weighted by Crippen LogP contribution is -2.35. The molecule has 0 aliphatic heterocycles. The molecule has 0 heterocycles. The van der Waals surface area contributed by atoms with Crippen molar-refractivity contribution in [2.75, 3.05) is 6.54 Å². The lowest BCUT2D eigenvalue weighted by molar-refractivity contribution is 0.275. The van der Waals surface area contributed by atoms with Gasteiger partial charge in [-0.1, -0.05) is 51.9 Å². The van der Waals surface area contributed by atoms with E-state index in [9.17, 15) is 0 Å². The quantitative estimate of drug-likeness (QED) is 0.739. The molecule has 0 aromatic heterocycles. The van der Waals surface area contributed by atoms with Gasteiger partial charge in [0.2, 0.25) is 0 Å². The SMILES string of the molecule is CCC1CCCC(NCCC2CCCC2)C1. The van der Waals surface area contributed by atoms with Crippen LogP contribution in [0.1, 0.15) is 71.1 Å². The number of nitrogens with one attached hydrogen (secondary N) is 1. The average molecular weight is 223 g/mol. The first-order chi connectivity index (χ1) is 7.88. The van der Waals surface area contributed by atoms with Gasteiger partial charge < -0.3 is 5.32 Å². The van der Waals surface area contributed by atoms with Crippen LogP contribution in [0.25, 0.3) is 0 Å². The molecule has 1 nitrogen and oxygen atoms in total. The van der Waals surface area contributed by atoms with Gasteiger partial charge in [-0.2, -0.15) is 0 Å². The minimum Gasteiger partial charge on any atom is -0.314 e. The largest absolute Gasteiger partial charge is 0.314 e. The zero-order chi connectivity index (χ0) is 11.2. The van der Waals surface area contributed by atoms with Crippen LogP contribution < -0.4 is 5.32 Å². The fourth-order valence-corrected chi connectivity index (χ4v) is 3.64. The molecule has 2 unspecified atom stereocenters. The van der Waals surface area contributed by atoms with Crippen LogP contribution in [0.4, 0.5) is 0 Å². The second kappa shape index (κ2) is 6.64. The molecular formula is C15H29N. The smallest absolute Gasteiger partial charge is 0.00697 e. The predicted molar refractivity (Wildman–Crippen MR) is 70.6 cm³/mol. The van der Waals surface area contributed by atoms with Gasteiger partial charge >= 0.3 is 0 Å². The summed E-state index contributed by atoms with van der Waals surface area (Å²) in [4.78, 5) is 0. The molecule has 0 radical (unpaired) electrons. The highest BCUT2D eigenvalue weighted by atomic mass is 14.9. The first-order valence-electron chi connectivity index (χ1n) is 7.62. The minimum absolute atomic E-state index is 0.847. The minimum atomic E-state index is 0.847. The van der Waals surface area contributed by atoms with Crippen LogP contribution in [0.15, 0.2) is 0 Å². The summed E-state index contributed by atoms with van der Waals surface area (Å²) < 4.78 is 0. The monoisotopic (exact) mass is 223 g/mol. The molecule has 2 atom stereocenters. The highest BCUT2D eigenvalue weighted by molar-refractivity contribution is 4.78. The summed E-state index contributed by atoms with van der Waals surface area (Å²) in [5.41, 5.74) is 0. The topological polar surface area (TPSA) is 12.0 Å². The van der Waals surface area contributed by atoms with Gasteiger partial charge in [-0.15, -0.1) is 0 Å². The standard InChI is InChI=1S/C15H29N/c1-2-13-8-5-9-15(12-13)16-11-10-14-6-3-4-7-14/h13-16H,2-12H2,1H3. The fraction of sp³-hybridized carbons (Fsp3) is 1.00.